The van der Waals surface area contributed by atoms with Crippen LogP contribution in [-0.4, -0.2) is 5.97 Å². The predicted molar refractivity (Wildman–Crippen MR) is 75.8 cm³/mol. The summed E-state index contributed by atoms with van der Waals surface area (Å²) >= 11 is 0. The second-order valence-electron chi connectivity index (χ2n) is 4.54. The Morgan fingerprint density at radius 2 is 2.14 bits per heavy atom. The van der Waals surface area contributed by atoms with E-state index in [-0.39, 0.29) is 17.7 Å². The molecule has 0 saturated carbocycles. The van der Waals surface area contributed by atoms with Gasteiger partial charge in [0.05, 0.1) is 11.1 Å². The van der Waals surface area contributed by atoms with Crippen molar-refractivity contribution >= 4 is 11.7 Å². The van der Waals surface area contributed by atoms with E-state index in [9.17, 15) is 9.18 Å². The van der Waals surface area contributed by atoms with E-state index in [0.29, 0.717) is 11.3 Å². The third-order valence-electron chi connectivity index (χ3n) is 3.04. The van der Waals surface area contributed by atoms with Crippen molar-refractivity contribution in [1.82, 2.24) is 0 Å². The maximum atomic E-state index is 13.8. The lowest BCUT2D eigenvalue weighted by atomic mass is 10.1. The maximum absolute atomic E-state index is 13.8. The molecule has 0 heterocycles. The van der Waals surface area contributed by atoms with Crippen LogP contribution in [0.1, 0.15) is 27.0 Å². The number of nitrogens with two attached hydrogens (primary N) is 1. The SMILES string of the molecule is Cc1ccc(N)cc1C(=O)OCc1cccc(C#N)c1F. The van der Waals surface area contributed by atoms with Crippen LogP contribution < -0.4 is 5.73 Å². The minimum Gasteiger partial charge on any atom is -0.457 e. The number of ether oxygens (including phenoxy) is 1. The van der Waals surface area contributed by atoms with E-state index in [0.717, 1.165) is 5.56 Å². The molecule has 0 radical (unpaired) electrons. The van der Waals surface area contributed by atoms with Crippen molar-refractivity contribution in [3.05, 3.63) is 64.5 Å². The highest BCUT2D eigenvalue weighted by atomic mass is 19.1. The zero-order chi connectivity index (χ0) is 15.4. The molecule has 0 fully saturated rings. The number of nitriles is 1. The Morgan fingerprint density at radius 3 is 2.86 bits per heavy atom. The molecular weight excluding hydrogens is 271 g/mol. The van der Waals surface area contributed by atoms with Gasteiger partial charge in [-0.05, 0) is 30.7 Å². The summed E-state index contributed by atoms with van der Waals surface area (Å²) in [7, 11) is 0. The number of anilines is 1. The van der Waals surface area contributed by atoms with Gasteiger partial charge in [0.15, 0.2) is 0 Å². The van der Waals surface area contributed by atoms with Crippen LogP contribution in [0.15, 0.2) is 36.4 Å². The van der Waals surface area contributed by atoms with E-state index in [1.807, 2.05) is 0 Å². The monoisotopic (exact) mass is 284 g/mol. The average Bonchev–Trinajstić information content (AvgIpc) is 2.48. The average molecular weight is 284 g/mol. The fourth-order valence-corrected chi connectivity index (χ4v) is 1.86. The van der Waals surface area contributed by atoms with Crippen LogP contribution in [0.25, 0.3) is 0 Å². The highest BCUT2D eigenvalue weighted by Gasteiger charge is 2.13. The summed E-state index contributed by atoms with van der Waals surface area (Å²) in [6.45, 7) is 1.52. The molecule has 5 heteroatoms. The highest BCUT2D eigenvalue weighted by molar-refractivity contribution is 5.92. The molecule has 21 heavy (non-hydrogen) atoms. The van der Waals surface area contributed by atoms with Crippen LogP contribution in [0, 0.1) is 24.1 Å². The van der Waals surface area contributed by atoms with E-state index < -0.39 is 11.8 Å². The second kappa shape index (κ2) is 6.06. The molecule has 0 aliphatic heterocycles. The van der Waals surface area contributed by atoms with E-state index in [2.05, 4.69) is 0 Å². The van der Waals surface area contributed by atoms with Gasteiger partial charge in [-0.3, -0.25) is 0 Å². The molecule has 2 aromatic rings. The third kappa shape index (κ3) is 3.18. The third-order valence-corrected chi connectivity index (χ3v) is 3.04. The number of nitrogen functional groups attached to an aromatic ring is 1. The number of benzene rings is 2. The van der Waals surface area contributed by atoms with Gasteiger partial charge >= 0.3 is 5.97 Å². The van der Waals surface area contributed by atoms with Crippen molar-refractivity contribution in [2.45, 2.75) is 13.5 Å². The summed E-state index contributed by atoms with van der Waals surface area (Å²) in [5, 5.41) is 8.75. The molecular formula is C16H13FN2O2. The molecule has 0 aliphatic rings. The fraction of sp³-hybridized carbons (Fsp3) is 0.125. The number of carbonyl (C=O) groups excluding carboxylic acids is 1. The van der Waals surface area contributed by atoms with Gasteiger partial charge in [0.2, 0.25) is 0 Å². The number of hydrogen-bond acceptors (Lipinski definition) is 4. The minimum atomic E-state index is -0.669. The maximum Gasteiger partial charge on any atom is 0.338 e. The Morgan fingerprint density at radius 1 is 1.38 bits per heavy atom. The van der Waals surface area contributed by atoms with Gasteiger partial charge in [0.25, 0.3) is 0 Å². The Labute approximate surface area is 121 Å². The van der Waals surface area contributed by atoms with Crippen LogP contribution >= 0.6 is 0 Å². The molecule has 106 valence electrons. The van der Waals surface area contributed by atoms with E-state index in [1.54, 1.807) is 25.1 Å². The summed E-state index contributed by atoms with van der Waals surface area (Å²) in [5.41, 5.74) is 7.22. The molecule has 0 atom stereocenters. The van der Waals surface area contributed by atoms with Crippen LogP contribution in [0.5, 0.6) is 0 Å². The Bertz CT molecular complexity index is 736. The van der Waals surface area contributed by atoms with E-state index in [1.165, 1.54) is 24.3 Å². The fourth-order valence-electron chi connectivity index (χ4n) is 1.86. The lowest BCUT2D eigenvalue weighted by Gasteiger charge is -2.09. The highest BCUT2D eigenvalue weighted by Crippen LogP contribution is 2.17. The molecule has 0 aromatic heterocycles. The van der Waals surface area contributed by atoms with Crippen LogP contribution in [0.4, 0.5) is 10.1 Å². The van der Waals surface area contributed by atoms with Crippen molar-refractivity contribution in [2.75, 3.05) is 5.73 Å². The molecule has 4 nitrogen and oxygen atoms in total. The predicted octanol–water partition coefficient (Wildman–Crippen LogP) is 2.95. The van der Waals surface area contributed by atoms with Gasteiger partial charge in [-0.1, -0.05) is 18.2 Å². The summed E-state index contributed by atoms with van der Waals surface area (Å²) < 4.78 is 18.9. The summed E-state index contributed by atoms with van der Waals surface area (Å²) in [6.07, 6.45) is 0. The zero-order valence-electron chi connectivity index (χ0n) is 11.4. The lowest BCUT2D eigenvalue weighted by molar-refractivity contribution is 0.0468. The topological polar surface area (TPSA) is 76.1 Å². The number of halogens is 1. The van der Waals surface area contributed by atoms with E-state index >= 15 is 0 Å². The number of esters is 1. The van der Waals surface area contributed by atoms with Crippen molar-refractivity contribution in [3.63, 3.8) is 0 Å². The van der Waals surface area contributed by atoms with Crippen molar-refractivity contribution in [1.29, 1.82) is 5.26 Å². The van der Waals surface area contributed by atoms with Gasteiger partial charge < -0.3 is 10.5 Å². The van der Waals surface area contributed by atoms with Gasteiger partial charge in [0.1, 0.15) is 18.5 Å². The first-order chi connectivity index (χ1) is 10.0. The number of aryl methyl sites for hydroxylation is 1. The smallest absolute Gasteiger partial charge is 0.338 e. The van der Waals surface area contributed by atoms with Crippen molar-refractivity contribution in [3.8, 4) is 6.07 Å². The number of carbonyl (C=O) groups is 1. The molecule has 2 aromatic carbocycles. The summed E-state index contributed by atoms with van der Waals surface area (Å²) in [5.74, 6) is -1.25. The molecule has 0 saturated heterocycles. The largest absolute Gasteiger partial charge is 0.457 e. The standard InChI is InChI=1S/C16H13FN2O2/c1-10-5-6-13(19)7-14(10)16(20)21-9-12-4-2-3-11(8-18)15(12)17/h2-7H,9,19H2,1H3. The number of rotatable bonds is 3. The summed E-state index contributed by atoms with van der Waals surface area (Å²) in [4.78, 5) is 12.0. The first kappa shape index (κ1) is 14.5. The molecule has 0 amide bonds. The lowest BCUT2D eigenvalue weighted by Crippen LogP contribution is -2.09. The van der Waals surface area contributed by atoms with Gasteiger partial charge in [-0.25, -0.2) is 9.18 Å². The molecule has 0 aliphatic carbocycles. The molecule has 0 spiro atoms. The first-order valence-electron chi connectivity index (χ1n) is 6.23. The number of nitrogens with zero attached hydrogens (tertiary/aromatic N) is 1. The van der Waals surface area contributed by atoms with Crippen LogP contribution in [0.2, 0.25) is 0 Å². The van der Waals surface area contributed by atoms with E-state index in [4.69, 9.17) is 15.7 Å². The Balaban J connectivity index is 2.15. The van der Waals surface area contributed by atoms with Gasteiger partial charge in [0, 0.05) is 11.3 Å². The quantitative estimate of drug-likeness (QED) is 0.694. The molecule has 2 rings (SSSR count). The second-order valence-corrected chi connectivity index (χ2v) is 4.54. The van der Waals surface area contributed by atoms with Gasteiger partial charge in [-0.15, -0.1) is 0 Å². The first-order valence-corrected chi connectivity index (χ1v) is 6.23. The molecule has 0 unspecified atom stereocenters. The normalized spacial score (nSPS) is 9.95. The minimum absolute atomic E-state index is 0.0799. The summed E-state index contributed by atoms with van der Waals surface area (Å²) in [6, 6.07) is 11.0. The molecule has 0 bridgehead atoms. The number of hydrogen-bond donors (Lipinski definition) is 1. The zero-order valence-corrected chi connectivity index (χ0v) is 11.4. The Hall–Kier alpha value is -2.87. The van der Waals surface area contributed by atoms with Crippen molar-refractivity contribution in [2.24, 2.45) is 0 Å². The van der Waals surface area contributed by atoms with Crippen molar-refractivity contribution < 1.29 is 13.9 Å². The Kier molecular flexibility index (Phi) is 4.19. The molecule has 2 N–H and O–H groups in total. The van der Waals surface area contributed by atoms with Gasteiger partial charge in [-0.2, -0.15) is 5.26 Å². The van der Waals surface area contributed by atoms with Crippen LogP contribution in [0.3, 0.4) is 0 Å². The van der Waals surface area contributed by atoms with Crippen LogP contribution in [-0.2, 0) is 11.3 Å².